The van der Waals surface area contributed by atoms with E-state index in [4.69, 9.17) is 4.74 Å². The summed E-state index contributed by atoms with van der Waals surface area (Å²) in [6, 6.07) is 14.6. The molecule has 146 valence electrons. The zero-order chi connectivity index (χ0) is 19.9. The Kier molecular flexibility index (Phi) is 7.20. The molecule has 0 spiro atoms. The molecule has 0 unspecified atom stereocenters. The second-order valence-electron chi connectivity index (χ2n) is 6.06. The monoisotopic (exact) mass is 390 g/mol. The summed E-state index contributed by atoms with van der Waals surface area (Å²) in [6.45, 7) is 1.14. The van der Waals surface area contributed by atoms with Crippen molar-refractivity contribution in [2.45, 2.75) is 18.0 Å². The number of hydrogen-bond donors (Lipinski definition) is 2. The van der Waals surface area contributed by atoms with Crippen LogP contribution in [0.3, 0.4) is 0 Å². The van der Waals surface area contributed by atoms with Gasteiger partial charge in [0.25, 0.3) is 0 Å². The molecular formula is C19H26N4O3S. The van der Waals surface area contributed by atoms with E-state index in [2.05, 4.69) is 15.6 Å². The normalized spacial score (nSPS) is 12.1. The Morgan fingerprint density at radius 3 is 2.22 bits per heavy atom. The minimum atomic E-state index is -3.41. The summed E-state index contributed by atoms with van der Waals surface area (Å²) in [6.07, 6.45) is 0. The number of nitrogens with zero attached hydrogens (tertiary/aromatic N) is 2. The summed E-state index contributed by atoms with van der Waals surface area (Å²) in [7, 11) is 2.97. The molecule has 0 saturated carbocycles. The third-order valence-electron chi connectivity index (χ3n) is 3.98. The van der Waals surface area contributed by atoms with E-state index < -0.39 is 10.0 Å². The first-order valence-corrected chi connectivity index (χ1v) is 9.89. The van der Waals surface area contributed by atoms with E-state index in [9.17, 15) is 8.42 Å². The molecular weight excluding hydrogens is 364 g/mol. The fourth-order valence-corrected chi connectivity index (χ4v) is 3.27. The number of methoxy groups -OCH3 is 1. The standard InChI is InChI=1S/C19H26N4O3S/c1-20-19(22-14-16-6-5-7-17(12-16)26-4)21-13-15-8-10-18(11-9-15)27(24,25)23(2)3/h5-12H,13-14H2,1-4H3,(H2,20,21,22). The lowest BCUT2D eigenvalue weighted by Crippen LogP contribution is -2.36. The maximum Gasteiger partial charge on any atom is 0.242 e. The van der Waals surface area contributed by atoms with Crippen molar-refractivity contribution < 1.29 is 13.2 Å². The predicted molar refractivity (Wildman–Crippen MR) is 107 cm³/mol. The maximum absolute atomic E-state index is 12.1. The van der Waals surface area contributed by atoms with Gasteiger partial charge >= 0.3 is 0 Å². The zero-order valence-corrected chi connectivity index (χ0v) is 16.9. The van der Waals surface area contributed by atoms with Crippen molar-refractivity contribution in [3.8, 4) is 5.75 Å². The van der Waals surface area contributed by atoms with Gasteiger partial charge in [0, 0.05) is 34.2 Å². The number of rotatable bonds is 7. The molecule has 0 radical (unpaired) electrons. The third kappa shape index (κ3) is 5.70. The third-order valence-corrected chi connectivity index (χ3v) is 5.81. The molecule has 0 atom stereocenters. The van der Waals surface area contributed by atoms with Crippen LogP contribution in [0.5, 0.6) is 5.75 Å². The Morgan fingerprint density at radius 2 is 1.67 bits per heavy atom. The number of aliphatic imine (C=N–C) groups is 1. The molecule has 0 fully saturated rings. The lowest BCUT2D eigenvalue weighted by molar-refractivity contribution is 0.414. The van der Waals surface area contributed by atoms with Crippen molar-refractivity contribution in [3.05, 3.63) is 59.7 Å². The molecule has 0 heterocycles. The lowest BCUT2D eigenvalue weighted by Gasteiger charge is -2.14. The minimum absolute atomic E-state index is 0.275. The molecule has 27 heavy (non-hydrogen) atoms. The first kappa shape index (κ1) is 20.7. The van der Waals surface area contributed by atoms with E-state index in [1.165, 1.54) is 18.4 Å². The second-order valence-corrected chi connectivity index (χ2v) is 8.21. The molecule has 0 amide bonds. The summed E-state index contributed by atoms with van der Waals surface area (Å²) in [4.78, 5) is 4.48. The second kappa shape index (κ2) is 9.38. The van der Waals surface area contributed by atoms with Gasteiger partial charge in [-0.25, -0.2) is 12.7 Å². The fraction of sp³-hybridized carbons (Fsp3) is 0.316. The first-order valence-electron chi connectivity index (χ1n) is 8.45. The molecule has 2 aromatic carbocycles. The van der Waals surface area contributed by atoms with Crippen molar-refractivity contribution in [1.82, 2.24) is 14.9 Å². The number of ether oxygens (including phenoxy) is 1. The summed E-state index contributed by atoms with van der Waals surface area (Å²) < 4.78 is 30.6. The highest BCUT2D eigenvalue weighted by atomic mass is 32.2. The largest absolute Gasteiger partial charge is 0.497 e. The van der Waals surface area contributed by atoms with Crippen LogP contribution in [0.1, 0.15) is 11.1 Å². The average Bonchev–Trinajstić information content (AvgIpc) is 2.68. The molecule has 8 heteroatoms. The Labute approximate surface area is 161 Å². The van der Waals surface area contributed by atoms with Gasteiger partial charge < -0.3 is 15.4 Å². The van der Waals surface area contributed by atoms with Gasteiger partial charge in [0.15, 0.2) is 5.96 Å². The minimum Gasteiger partial charge on any atom is -0.497 e. The number of hydrogen-bond acceptors (Lipinski definition) is 4. The zero-order valence-electron chi connectivity index (χ0n) is 16.1. The number of benzene rings is 2. The van der Waals surface area contributed by atoms with Gasteiger partial charge in [0.2, 0.25) is 10.0 Å². The van der Waals surface area contributed by atoms with Crippen LogP contribution in [0.2, 0.25) is 0 Å². The molecule has 0 aliphatic carbocycles. The Bertz CT molecular complexity index is 878. The Hall–Kier alpha value is -2.58. The van der Waals surface area contributed by atoms with Crippen molar-refractivity contribution in [2.24, 2.45) is 4.99 Å². The van der Waals surface area contributed by atoms with Crippen LogP contribution in [0.15, 0.2) is 58.4 Å². The van der Waals surface area contributed by atoms with Gasteiger partial charge in [-0.2, -0.15) is 0 Å². The van der Waals surface area contributed by atoms with Gasteiger partial charge in [0.1, 0.15) is 5.75 Å². The highest BCUT2D eigenvalue weighted by Gasteiger charge is 2.16. The van der Waals surface area contributed by atoms with E-state index >= 15 is 0 Å². The van der Waals surface area contributed by atoms with Crippen molar-refractivity contribution in [3.63, 3.8) is 0 Å². The first-order chi connectivity index (χ1) is 12.9. The van der Waals surface area contributed by atoms with Crippen LogP contribution in [-0.4, -0.2) is 46.9 Å². The Balaban J connectivity index is 1.92. The van der Waals surface area contributed by atoms with E-state index in [-0.39, 0.29) is 4.90 Å². The van der Waals surface area contributed by atoms with Gasteiger partial charge in [-0.3, -0.25) is 4.99 Å². The van der Waals surface area contributed by atoms with Crippen LogP contribution in [0, 0.1) is 0 Å². The van der Waals surface area contributed by atoms with E-state index in [1.54, 1.807) is 38.4 Å². The number of sulfonamides is 1. The maximum atomic E-state index is 12.1. The van der Waals surface area contributed by atoms with Crippen LogP contribution in [0.25, 0.3) is 0 Å². The molecule has 0 bridgehead atoms. The van der Waals surface area contributed by atoms with Gasteiger partial charge in [-0.05, 0) is 35.4 Å². The molecule has 0 aliphatic heterocycles. The molecule has 2 rings (SSSR count). The van der Waals surface area contributed by atoms with Crippen LogP contribution in [-0.2, 0) is 23.1 Å². The molecule has 0 aromatic heterocycles. The van der Waals surface area contributed by atoms with Crippen LogP contribution >= 0.6 is 0 Å². The number of nitrogens with one attached hydrogen (secondary N) is 2. The molecule has 0 aliphatic rings. The smallest absolute Gasteiger partial charge is 0.242 e. The van der Waals surface area contributed by atoms with Crippen LogP contribution in [0.4, 0.5) is 0 Å². The highest BCUT2D eigenvalue weighted by Crippen LogP contribution is 2.14. The highest BCUT2D eigenvalue weighted by molar-refractivity contribution is 7.89. The summed E-state index contributed by atoms with van der Waals surface area (Å²) in [5.41, 5.74) is 2.03. The van der Waals surface area contributed by atoms with E-state index in [1.807, 2.05) is 24.3 Å². The average molecular weight is 391 g/mol. The quantitative estimate of drug-likeness (QED) is 0.557. The topological polar surface area (TPSA) is 83.0 Å². The van der Waals surface area contributed by atoms with Crippen molar-refractivity contribution in [1.29, 1.82) is 0 Å². The van der Waals surface area contributed by atoms with Gasteiger partial charge in [0.05, 0.1) is 12.0 Å². The lowest BCUT2D eigenvalue weighted by atomic mass is 10.2. The van der Waals surface area contributed by atoms with Crippen molar-refractivity contribution >= 4 is 16.0 Å². The number of guanidine groups is 1. The molecule has 0 saturated heterocycles. The molecule has 2 N–H and O–H groups in total. The van der Waals surface area contributed by atoms with Gasteiger partial charge in [-0.15, -0.1) is 0 Å². The van der Waals surface area contributed by atoms with E-state index in [0.717, 1.165) is 16.9 Å². The molecule has 7 nitrogen and oxygen atoms in total. The summed E-state index contributed by atoms with van der Waals surface area (Å²) in [5.74, 6) is 1.47. The molecule has 2 aromatic rings. The fourth-order valence-electron chi connectivity index (χ4n) is 2.36. The van der Waals surface area contributed by atoms with Crippen molar-refractivity contribution in [2.75, 3.05) is 28.3 Å². The predicted octanol–water partition coefficient (Wildman–Crippen LogP) is 1.81. The van der Waals surface area contributed by atoms with Crippen LogP contribution < -0.4 is 15.4 Å². The Morgan fingerprint density at radius 1 is 1.04 bits per heavy atom. The summed E-state index contributed by atoms with van der Waals surface area (Å²) in [5, 5.41) is 6.45. The van der Waals surface area contributed by atoms with Gasteiger partial charge in [-0.1, -0.05) is 24.3 Å². The van der Waals surface area contributed by atoms with E-state index in [0.29, 0.717) is 19.0 Å². The SMILES string of the molecule is CN=C(NCc1ccc(S(=O)(=O)N(C)C)cc1)NCc1cccc(OC)c1. The summed E-state index contributed by atoms with van der Waals surface area (Å²) >= 11 is 0.